The van der Waals surface area contributed by atoms with Gasteiger partial charge < -0.3 is 14.6 Å². The van der Waals surface area contributed by atoms with Crippen molar-refractivity contribution in [1.29, 1.82) is 0 Å². The zero-order valence-corrected chi connectivity index (χ0v) is 15.2. The molecule has 0 amide bonds. The third kappa shape index (κ3) is 3.71. The Morgan fingerprint density at radius 3 is 2.52 bits per heavy atom. The number of hydrogen-bond donors (Lipinski definition) is 1. The third-order valence-electron chi connectivity index (χ3n) is 3.90. The van der Waals surface area contributed by atoms with Gasteiger partial charge in [0.25, 0.3) is 0 Å². The molecule has 0 spiro atoms. The fourth-order valence-electron chi connectivity index (χ4n) is 2.61. The number of aromatic nitrogens is 1. The highest BCUT2D eigenvalue weighted by atomic mass is 35.5. The van der Waals surface area contributed by atoms with E-state index in [1.807, 2.05) is 0 Å². The van der Waals surface area contributed by atoms with Crippen molar-refractivity contribution in [2.24, 2.45) is 0 Å². The quantitative estimate of drug-likeness (QED) is 0.639. The summed E-state index contributed by atoms with van der Waals surface area (Å²) in [5, 5.41) is 9.84. The summed E-state index contributed by atoms with van der Waals surface area (Å²) in [7, 11) is 1.36. The number of hydrogen-bond acceptors (Lipinski definition) is 4. The monoisotopic (exact) mass is 387 g/mol. The molecule has 27 heavy (non-hydrogen) atoms. The van der Waals surface area contributed by atoms with Crippen LogP contribution in [0.15, 0.2) is 48.5 Å². The molecule has 0 bridgehead atoms. The maximum absolute atomic E-state index is 14.6. The molecule has 0 radical (unpaired) electrons. The van der Waals surface area contributed by atoms with Crippen LogP contribution in [0.4, 0.5) is 4.39 Å². The van der Waals surface area contributed by atoms with Gasteiger partial charge in [0.15, 0.2) is 11.6 Å². The number of methoxy groups -OCH3 is 1. The molecule has 0 aliphatic carbocycles. The van der Waals surface area contributed by atoms with Crippen molar-refractivity contribution in [3.63, 3.8) is 0 Å². The summed E-state index contributed by atoms with van der Waals surface area (Å²) in [6, 6.07) is 12.7. The first-order valence-electron chi connectivity index (χ1n) is 7.92. The molecular weight excluding hydrogens is 373 g/mol. The minimum absolute atomic E-state index is 0.0582. The Morgan fingerprint density at radius 1 is 1.15 bits per heavy atom. The predicted octanol–water partition coefficient (Wildman–Crippen LogP) is 5.35. The lowest BCUT2D eigenvalue weighted by Crippen LogP contribution is -2.06. The van der Waals surface area contributed by atoms with Gasteiger partial charge in [0.1, 0.15) is 11.3 Å². The number of pyridine rings is 1. The average Bonchev–Trinajstić information content (AvgIpc) is 2.63. The minimum Gasteiger partial charge on any atom is -0.494 e. The number of benzene rings is 2. The van der Waals surface area contributed by atoms with Gasteiger partial charge in [-0.05, 0) is 42.8 Å². The number of halogens is 2. The van der Waals surface area contributed by atoms with Crippen LogP contribution >= 0.6 is 11.6 Å². The molecule has 0 fully saturated rings. The summed E-state index contributed by atoms with van der Waals surface area (Å²) in [5.74, 6) is -1.68. The number of carboxylic acid groups (broad SMARTS) is 1. The highest BCUT2D eigenvalue weighted by Crippen LogP contribution is 2.35. The number of para-hydroxylation sites is 1. The number of nitrogens with zero attached hydrogens (tertiary/aromatic N) is 1. The molecule has 0 saturated heterocycles. The van der Waals surface area contributed by atoms with E-state index in [0.717, 1.165) is 0 Å². The highest BCUT2D eigenvalue weighted by molar-refractivity contribution is 6.32. The lowest BCUT2D eigenvalue weighted by Gasteiger charge is -2.14. The van der Waals surface area contributed by atoms with E-state index in [9.17, 15) is 14.3 Å². The molecule has 138 valence electrons. The van der Waals surface area contributed by atoms with Crippen LogP contribution in [0.25, 0.3) is 11.3 Å². The molecule has 5 nitrogen and oxygen atoms in total. The molecular formula is C20H15ClFNO4. The molecule has 3 rings (SSSR count). The van der Waals surface area contributed by atoms with Crippen LogP contribution in [0.1, 0.15) is 15.9 Å². The van der Waals surface area contributed by atoms with Crippen molar-refractivity contribution >= 4 is 17.6 Å². The number of aromatic carboxylic acids is 1. The maximum Gasteiger partial charge on any atom is 0.341 e. The summed E-state index contributed by atoms with van der Waals surface area (Å²) in [4.78, 5) is 15.9. The lowest BCUT2D eigenvalue weighted by molar-refractivity contribution is 0.0692. The topological polar surface area (TPSA) is 68.7 Å². The second kappa shape index (κ2) is 7.63. The summed E-state index contributed by atoms with van der Waals surface area (Å²) in [6.07, 6.45) is 0. The molecule has 0 aliphatic rings. The van der Waals surface area contributed by atoms with Crippen LogP contribution in [0.2, 0.25) is 5.02 Å². The van der Waals surface area contributed by atoms with Gasteiger partial charge >= 0.3 is 5.97 Å². The van der Waals surface area contributed by atoms with Crippen LogP contribution in [-0.2, 0) is 0 Å². The minimum atomic E-state index is -1.21. The molecule has 1 heterocycles. The van der Waals surface area contributed by atoms with Gasteiger partial charge in [-0.15, -0.1) is 0 Å². The molecule has 0 unspecified atom stereocenters. The molecule has 1 N–H and O–H groups in total. The summed E-state index contributed by atoms with van der Waals surface area (Å²) in [5.41, 5.74) is 0.632. The number of aryl methyl sites for hydroxylation is 1. The molecule has 2 aromatic carbocycles. The van der Waals surface area contributed by atoms with Gasteiger partial charge in [-0.3, -0.25) is 0 Å². The van der Waals surface area contributed by atoms with Crippen LogP contribution in [0.5, 0.6) is 17.4 Å². The van der Waals surface area contributed by atoms with Crippen molar-refractivity contribution in [3.8, 4) is 28.6 Å². The van der Waals surface area contributed by atoms with Crippen LogP contribution in [-0.4, -0.2) is 23.2 Å². The Balaban J connectivity index is 2.18. The van der Waals surface area contributed by atoms with Gasteiger partial charge in [-0.1, -0.05) is 29.8 Å². The fraction of sp³-hybridized carbons (Fsp3) is 0.100. The standard InChI is InChI=1S/C20H15ClFNO4/c1-11-10-14(12-6-5-9-16(26-2)18(12)22)23-19(17(11)20(24)25)27-15-8-4-3-7-13(15)21/h3-10H,1-2H3,(H,24,25). The molecule has 0 saturated carbocycles. The van der Waals surface area contributed by atoms with E-state index < -0.39 is 11.8 Å². The van der Waals surface area contributed by atoms with Gasteiger partial charge in [0.05, 0.1) is 17.8 Å². The average molecular weight is 388 g/mol. The highest BCUT2D eigenvalue weighted by Gasteiger charge is 2.21. The lowest BCUT2D eigenvalue weighted by atomic mass is 10.0. The van der Waals surface area contributed by atoms with Crippen molar-refractivity contribution in [3.05, 3.63) is 70.5 Å². The van der Waals surface area contributed by atoms with Crippen molar-refractivity contribution < 1.29 is 23.8 Å². The first kappa shape index (κ1) is 18.7. The van der Waals surface area contributed by atoms with E-state index in [1.165, 1.54) is 25.3 Å². The van der Waals surface area contributed by atoms with E-state index in [2.05, 4.69) is 4.98 Å². The zero-order valence-electron chi connectivity index (χ0n) is 14.5. The normalized spacial score (nSPS) is 10.5. The van der Waals surface area contributed by atoms with E-state index in [0.29, 0.717) is 10.6 Å². The Hall–Kier alpha value is -3.12. The molecule has 0 atom stereocenters. The molecule has 3 aromatic rings. The fourth-order valence-corrected chi connectivity index (χ4v) is 2.79. The molecule has 0 aliphatic heterocycles. The second-order valence-electron chi connectivity index (χ2n) is 5.66. The Morgan fingerprint density at radius 2 is 1.85 bits per heavy atom. The second-order valence-corrected chi connectivity index (χ2v) is 6.07. The van der Waals surface area contributed by atoms with Crippen molar-refractivity contribution in [2.45, 2.75) is 6.92 Å². The summed E-state index contributed by atoms with van der Waals surface area (Å²) in [6.45, 7) is 1.59. The first-order valence-corrected chi connectivity index (χ1v) is 8.30. The zero-order chi connectivity index (χ0) is 19.6. The largest absolute Gasteiger partial charge is 0.494 e. The van der Waals surface area contributed by atoms with Gasteiger partial charge in [0.2, 0.25) is 5.88 Å². The Bertz CT molecular complexity index is 1020. The molecule has 1 aromatic heterocycles. The van der Waals surface area contributed by atoms with E-state index >= 15 is 0 Å². The SMILES string of the molecule is COc1cccc(-c2cc(C)c(C(=O)O)c(Oc3ccccc3Cl)n2)c1F. The van der Waals surface area contributed by atoms with E-state index in [-0.39, 0.29) is 34.2 Å². The smallest absolute Gasteiger partial charge is 0.341 e. The van der Waals surface area contributed by atoms with Crippen LogP contribution in [0, 0.1) is 12.7 Å². The first-order chi connectivity index (χ1) is 12.9. The number of carbonyl (C=O) groups is 1. The van der Waals surface area contributed by atoms with E-state index in [4.69, 9.17) is 21.1 Å². The third-order valence-corrected chi connectivity index (χ3v) is 4.21. The maximum atomic E-state index is 14.6. The number of carboxylic acids is 1. The molecule has 7 heteroatoms. The predicted molar refractivity (Wildman–Crippen MR) is 99.4 cm³/mol. The number of rotatable bonds is 5. The van der Waals surface area contributed by atoms with Gasteiger partial charge in [-0.2, -0.15) is 0 Å². The van der Waals surface area contributed by atoms with Crippen molar-refractivity contribution in [2.75, 3.05) is 7.11 Å². The number of ether oxygens (including phenoxy) is 2. The van der Waals surface area contributed by atoms with Crippen LogP contribution in [0.3, 0.4) is 0 Å². The van der Waals surface area contributed by atoms with E-state index in [1.54, 1.807) is 37.3 Å². The summed E-state index contributed by atoms with van der Waals surface area (Å²) >= 11 is 6.09. The van der Waals surface area contributed by atoms with Crippen LogP contribution < -0.4 is 9.47 Å². The summed E-state index contributed by atoms with van der Waals surface area (Å²) < 4.78 is 25.3. The Kier molecular flexibility index (Phi) is 5.28. The van der Waals surface area contributed by atoms with Crippen molar-refractivity contribution in [1.82, 2.24) is 4.98 Å². The van der Waals surface area contributed by atoms with Gasteiger partial charge in [0, 0.05) is 5.56 Å². The Labute approximate surface area is 160 Å². The van der Waals surface area contributed by atoms with Gasteiger partial charge in [-0.25, -0.2) is 14.2 Å².